The highest BCUT2D eigenvalue weighted by Gasteiger charge is 2.27. The molecule has 1 saturated heterocycles. The topological polar surface area (TPSA) is 55.6 Å². The maximum Gasteiger partial charge on any atom is 0.226 e. The molecule has 0 saturated carbocycles. The Morgan fingerprint density at radius 1 is 1.40 bits per heavy atom. The van der Waals surface area contributed by atoms with Crippen LogP contribution in [0.4, 0.5) is 0 Å². The molecule has 1 heterocycles. The third-order valence-corrected chi connectivity index (χ3v) is 4.28. The van der Waals surface area contributed by atoms with Crippen LogP contribution in [-0.2, 0) is 11.2 Å². The van der Waals surface area contributed by atoms with Gasteiger partial charge in [-0.3, -0.25) is 4.79 Å². The van der Waals surface area contributed by atoms with Crippen LogP contribution in [0.1, 0.15) is 18.9 Å². The van der Waals surface area contributed by atoms with Crippen molar-refractivity contribution in [2.75, 3.05) is 26.7 Å². The number of piperidine rings is 1. The minimum atomic E-state index is 0.195. The van der Waals surface area contributed by atoms with E-state index < -0.39 is 0 Å². The number of hydrogen-bond acceptors (Lipinski definition) is 3. The Labute approximate surface area is 120 Å². The molecule has 0 bridgehead atoms. The van der Waals surface area contributed by atoms with E-state index in [4.69, 9.17) is 10.5 Å². The third-order valence-electron chi connectivity index (χ3n) is 4.28. The van der Waals surface area contributed by atoms with Gasteiger partial charge in [0.05, 0.1) is 13.5 Å². The van der Waals surface area contributed by atoms with E-state index >= 15 is 0 Å². The quantitative estimate of drug-likeness (QED) is 0.910. The molecule has 2 unspecified atom stereocenters. The predicted molar refractivity (Wildman–Crippen MR) is 79.6 cm³/mol. The molecule has 4 nitrogen and oxygen atoms in total. The highest BCUT2D eigenvalue weighted by atomic mass is 16.5. The van der Waals surface area contributed by atoms with Crippen molar-refractivity contribution < 1.29 is 9.53 Å². The fraction of sp³-hybridized carbons (Fsp3) is 0.562. The molecule has 2 atom stereocenters. The van der Waals surface area contributed by atoms with Gasteiger partial charge in [0.2, 0.25) is 5.91 Å². The molecule has 20 heavy (non-hydrogen) atoms. The Hall–Kier alpha value is -1.55. The Morgan fingerprint density at radius 3 is 2.70 bits per heavy atom. The number of benzene rings is 1. The van der Waals surface area contributed by atoms with E-state index in [1.807, 2.05) is 29.2 Å². The average Bonchev–Trinajstić information content (AvgIpc) is 2.48. The van der Waals surface area contributed by atoms with Crippen molar-refractivity contribution in [2.45, 2.75) is 19.8 Å². The van der Waals surface area contributed by atoms with E-state index in [2.05, 4.69) is 6.92 Å². The second-order valence-corrected chi connectivity index (χ2v) is 5.63. The summed E-state index contributed by atoms with van der Waals surface area (Å²) in [5.41, 5.74) is 6.82. The van der Waals surface area contributed by atoms with Gasteiger partial charge >= 0.3 is 0 Å². The molecule has 1 aromatic rings. The monoisotopic (exact) mass is 276 g/mol. The van der Waals surface area contributed by atoms with Gasteiger partial charge in [0.15, 0.2) is 0 Å². The summed E-state index contributed by atoms with van der Waals surface area (Å²) in [7, 11) is 1.64. The summed E-state index contributed by atoms with van der Waals surface area (Å²) >= 11 is 0. The Balaban J connectivity index is 1.94. The van der Waals surface area contributed by atoms with Crippen molar-refractivity contribution in [3.8, 4) is 5.75 Å². The lowest BCUT2D eigenvalue weighted by Gasteiger charge is -2.36. The Bertz CT molecular complexity index is 444. The zero-order valence-corrected chi connectivity index (χ0v) is 12.3. The minimum absolute atomic E-state index is 0.195. The van der Waals surface area contributed by atoms with Crippen LogP contribution in [-0.4, -0.2) is 37.6 Å². The summed E-state index contributed by atoms with van der Waals surface area (Å²) < 4.78 is 5.12. The van der Waals surface area contributed by atoms with Gasteiger partial charge in [-0.05, 0) is 42.5 Å². The summed E-state index contributed by atoms with van der Waals surface area (Å²) in [6.07, 6.45) is 1.51. The first-order valence-electron chi connectivity index (χ1n) is 7.24. The molecule has 0 radical (unpaired) electrons. The lowest BCUT2D eigenvalue weighted by Crippen LogP contribution is -2.46. The third kappa shape index (κ3) is 3.51. The number of amides is 1. The highest BCUT2D eigenvalue weighted by molar-refractivity contribution is 5.79. The number of rotatable bonds is 4. The second kappa shape index (κ2) is 6.75. The van der Waals surface area contributed by atoms with Crippen LogP contribution >= 0.6 is 0 Å². The molecule has 2 rings (SSSR count). The number of likely N-dealkylation sites (tertiary alicyclic amines) is 1. The van der Waals surface area contributed by atoms with E-state index in [-0.39, 0.29) is 5.91 Å². The highest BCUT2D eigenvalue weighted by Crippen LogP contribution is 2.23. The number of nitrogens with zero attached hydrogens (tertiary/aromatic N) is 1. The van der Waals surface area contributed by atoms with Crippen LogP contribution in [0.25, 0.3) is 0 Å². The normalized spacial score (nSPS) is 22.6. The van der Waals surface area contributed by atoms with E-state index in [1.165, 1.54) is 0 Å². The standard InChI is InChI=1S/C16H24N2O2/c1-12-7-8-18(11-14(12)10-17)16(19)9-13-3-5-15(20-2)6-4-13/h3-6,12,14H,7-11,17H2,1-2H3. The SMILES string of the molecule is COc1ccc(CC(=O)N2CCC(C)C(CN)C2)cc1. The van der Waals surface area contributed by atoms with Crippen molar-refractivity contribution >= 4 is 5.91 Å². The van der Waals surface area contributed by atoms with Crippen molar-refractivity contribution in [2.24, 2.45) is 17.6 Å². The maximum absolute atomic E-state index is 12.3. The maximum atomic E-state index is 12.3. The summed E-state index contributed by atoms with van der Waals surface area (Å²) in [6, 6.07) is 7.68. The average molecular weight is 276 g/mol. The number of carbonyl (C=O) groups is 1. The van der Waals surface area contributed by atoms with Gasteiger partial charge in [-0.15, -0.1) is 0 Å². The van der Waals surface area contributed by atoms with Crippen LogP contribution in [0.2, 0.25) is 0 Å². The zero-order chi connectivity index (χ0) is 14.5. The van der Waals surface area contributed by atoms with Gasteiger partial charge in [-0.2, -0.15) is 0 Å². The van der Waals surface area contributed by atoms with Gasteiger partial charge in [0.25, 0.3) is 0 Å². The fourth-order valence-electron chi connectivity index (χ4n) is 2.71. The lowest BCUT2D eigenvalue weighted by atomic mass is 9.87. The van der Waals surface area contributed by atoms with E-state index in [0.29, 0.717) is 24.8 Å². The van der Waals surface area contributed by atoms with Crippen LogP contribution in [0.15, 0.2) is 24.3 Å². The molecule has 0 aliphatic carbocycles. The second-order valence-electron chi connectivity index (χ2n) is 5.63. The molecule has 0 aromatic heterocycles. The summed E-state index contributed by atoms with van der Waals surface area (Å²) in [6.45, 7) is 4.54. The van der Waals surface area contributed by atoms with Gasteiger partial charge < -0.3 is 15.4 Å². The van der Waals surface area contributed by atoms with E-state index in [1.54, 1.807) is 7.11 Å². The smallest absolute Gasteiger partial charge is 0.226 e. The predicted octanol–water partition coefficient (Wildman–Crippen LogP) is 1.68. The fourth-order valence-corrected chi connectivity index (χ4v) is 2.71. The Kier molecular flexibility index (Phi) is 5.01. The van der Waals surface area contributed by atoms with Crippen molar-refractivity contribution in [3.63, 3.8) is 0 Å². The number of nitrogens with two attached hydrogens (primary N) is 1. The molecule has 2 N–H and O–H groups in total. The number of methoxy groups -OCH3 is 1. The first-order chi connectivity index (χ1) is 9.63. The molecule has 0 spiro atoms. The molecular weight excluding hydrogens is 252 g/mol. The van der Waals surface area contributed by atoms with E-state index in [0.717, 1.165) is 30.8 Å². The van der Waals surface area contributed by atoms with Crippen LogP contribution in [0.3, 0.4) is 0 Å². The molecule has 1 aromatic carbocycles. The van der Waals surface area contributed by atoms with Crippen molar-refractivity contribution in [1.29, 1.82) is 0 Å². The summed E-state index contributed by atoms with van der Waals surface area (Å²) in [5, 5.41) is 0. The summed E-state index contributed by atoms with van der Waals surface area (Å²) in [5.74, 6) is 2.06. The molecule has 1 amide bonds. The molecule has 110 valence electrons. The van der Waals surface area contributed by atoms with Gasteiger partial charge in [0, 0.05) is 13.1 Å². The summed E-state index contributed by atoms with van der Waals surface area (Å²) in [4.78, 5) is 14.3. The van der Waals surface area contributed by atoms with Gasteiger partial charge in [0.1, 0.15) is 5.75 Å². The van der Waals surface area contributed by atoms with Crippen molar-refractivity contribution in [1.82, 2.24) is 4.90 Å². The first-order valence-corrected chi connectivity index (χ1v) is 7.24. The number of ether oxygens (including phenoxy) is 1. The van der Waals surface area contributed by atoms with Gasteiger partial charge in [-0.25, -0.2) is 0 Å². The molecule has 4 heteroatoms. The van der Waals surface area contributed by atoms with Crippen LogP contribution in [0, 0.1) is 11.8 Å². The minimum Gasteiger partial charge on any atom is -0.497 e. The Morgan fingerprint density at radius 2 is 2.10 bits per heavy atom. The molecule has 1 aliphatic heterocycles. The molecule has 1 fully saturated rings. The zero-order valence-electron chi connectivity index (χ0n) is 12.3. The van der Waals surface area contributed by atoms with Crippen LogP contribution in [0.5, 0.6) is 5.75 Å². The molecule has 1 aliphatic rings. The molecular formula is C16H24N2O2. The lowest BCUT2D eigenvalue weighted by molar-refractivity contribution is -0.132. The largest absolute Gasteiger partial charge is 0.497 e. The number of hydrogen-bond donors (Lipinski definition) is 1. The van der Waals surface area contributed by atoms with Gasteiger partial charge in [-0.1, -0.05) is 19.1 Å². The van der Waals surface area contributed by atoms with Crippen molar-refractivity contribution in [3.05, 3.63) is 29.8 Å². The first kappa shape index (κ1) is 14.9. The van der Waals surface area contributed by atoms with Crippen LogP contribution < -0.4 is 10.5 Å². The van der Waals surface area contributed by atoms with E-state index in [9.17, 15) is 4.79 Å². The number of carbonyl (C=O) groups excluding carboxylic acids is 1.